The van der Waals surface area contributed by atoms with Crippen LogP contribution in [0.4, 0.5) is 0 Å². The number of carbonyl (C=O) groups is 6. The minimum atomic E-state index is -1.05. The van der Waals surface area contributed by atoms with Crippen LogP contribution in [0.1, 0.15) is 70.4 Å². The van der Waals surface area contributed by atoms with Gasteiger partial charge in [0.1, 0.15) is 23.8 Å². The lowest BCUT2D eigenvalue weighted by molar-refractivity contribution is -0.144. The Balaban J connectivity index is 1.82. The van der Waals surface area contributed by atoms with E-state index in [9.17, 15) is 28.8 Å². The molecule has 0 unspecified atom stereocenters. The van der Waals surface area contributed by atoms with Crippen molar-refractivity contribution in [1.29, 1.82) is 0 Å². The van der Waals surface area contributed by atoms with Crippen LogP contribution in [0.15, 0.2) is 48.9 Å². The van der Waals surface area contributed by atoms with Gasteiger partial charge in [-0.25, -0.2) is 4.98 Å². The lowest BCUT2D eigenvalue weighted by atomic mass is 9.98. The predicted octanol–water partition coefficient (Wildman–Crippen LogP) is 1.61. The number of benzene rings is 1. The molecule has 5 atom stereocenters. The first-order chi connectivity index (χ1) is 21.8. The fraction of sp³-hybridized carbons (Fsp3) is 0.515. The summed E-state index contributed by atoms with van der Waals surface area (Å²) in [6.07, 6.45) is 3.91. The molecule has 13 nitrogen and oxygen atoms in total. The van der Waals surface area contributed by atoms with E-state index in [1.807, 2.05) is 30.3 Å². The van der Waals surface area contributed by atoms with Crippen LogP contribution in [0.25, 0.3) is 0 Å². The van der Waals surface area contributed by atoms with Crippen LogP contribution >= 0.6 is 0 Å². The third-order valence-electron chi connectivity index (χ3n) is 7.83. The lowest BCUT2D eigenvalue weighted by Gasteiger charge is -2.32. The van der Waals surface area contributed by atoms with E-state index in [1.54, 1.807) is 34.6 Å². The van der Waals surface area contributed by atoms with E-state index in [-0.39, 0.29) is 37.6 Å². The van der Waals surface area contributed by atoms with Crippen molar-refractivity contribution in [1.82, 2.24) is 30.8 Å². The Hall–Kier alpha value is -4.52. The average molecular weight is 637 g/mol. The lowest BCUT2D eigenvalue weighted by Crippen LogP contribution is -2.59. The van der Waals surface area contributed by atoms with Gasteiger partial charge in [-0.3, -0.25) is 33.8 Å². The van der Waals surface area contributed by atoms with E-state index in [2.05, 4.69) is 25.9 Å². The fourth-order valence-corrected chi connectivity index (χ4v) is 5.17. The Kier molecular flexibility index (Phi) is 13.0. The molecule has 1 fully saturated rings. The number of aromatic nitrogens is 2. The van der Waals surface area contributed by atoms with E-state index in [0.29, 0.717) is 0 Å². The second-order valence-electron chi connectivity index (χ2n) is 12.1. The molecule has 1 aliphatic heterocycles. The van der Waals surface area contributed by atoms with E-state index in [0.717, 1.165) is 12.5 Å². The van der Waals surface area contributed by atoms with Crippen LogP contribution in [0.5, 0.6) is 0 Å². The van der Waals surface area contributed by atoms with Gasteiger partial charge in [-0.2, -0.15) is 0 Å². The number of carbonyl (C=O) groups excluding carboxylic acids is 6. The van der Waals surface area contributed by atoms with Gasteiger partial charge in [-0.05, 0) is 23.8 Å². The number of hydrogen-bond acceptors (Lipinski definition) is 9. The molecule has 4 amide bonds. The number of Topliss-reactive ketones (excluding diaryl/α,β-unsaturated/α-hetero) is 2. The molecule has 1 aromatic carbocycles. The molecule has 2 aromatic rings. The van der Waals surface area contributed by atoms with Gasteiger partial charge in [-0.15, -0.1) is 0 Å². The maximum absolute atomic E-state index is 14.1. The van der Waals surface area contributed by atoms with Gasteiger partial charge in [0.05, 0.1) is 24.9 Å². The topological polar surface area (TPSA) is 177 Å². The van der Waals surface area contributed by atoms with Crippen molar-refractivity contribution in [3.05, 3.63) is 60.2 Å². The standard InChI is InChI=1S/C33H44N6O7/c1-7-24(29(41)21(6)40)36-31(43)26-15-23(46-18-22-11-9-8-10-12-22)17-39(26)33(45)28(20(4)5)38-32(44)27(19(2)3)37-30(42)25-16-34-13-14-35-25/h8-14,16,19-20,23-24,26-28H,7,15,17-18H2,1-6H3,(H,36,43)(H,37,42)(H,38,44)/t23-,24+,26+,27-,28-/m1/s1. The summed E-state index contributed by atoms with van der Waals surface area (Å²) in [6.45, 7) is 10.2. The Morgan fingerprint density at radius 3 is 2.17 bits per heavy atom. The Morgan fingerprint density at radius 1 is 0.935 bits per heavy atom. The van der Waals surface area contributed by atoms with Crippen LogP contribution in [0, 0.1) is 11.8 Å². The highest BCUT2D eigenvalue weighted by atomic mass is 16.5. The van der Waals surface area contributed by atoms with Gasteiger partial charge in [-0.1, -0.05) is 65.0 Å². The van der Waals surface area contributed by atoms with Crippen molar-refractivity contribution in [2.24, 2.45) is 11.8 Å². The van der Waals surface area contributed by atoms with E-state index in [1.165, 1.54) is 23.5 Å². The number of ketones is 2. The molecular formula is C33H44N6O7. The molecule has 1 aliphatic rings. The monoisotopic (exact) mass is 636 g/mol. The van der Waals surface area contributed by atoms with E-state index >= 15 is 0 Å². The molecule has 0 aliphatic carbocycles. The largest absolute Gasteiger partial charge is 0.372 e. The Labute approximate surface area is 269 Å². The van der Waals surface area contributed by atoms with E-state index < -0.39 is 71.4 Å². The molecule has 2 heterocycles. The highest BCUT2D eigenvalue weighted by Gasteiger charge is 2.44. The first-order valence-electron chi connectivity index (χ1n) is 15.5. The van der Waals surface area contributed by atoms with Crippen molar-refractivity contribution >= 4 is 35.2 Å². The molecule has 248 valence electrons. The molecule has 3 rings (SSSR count). The minimum Gasteiger partial charge on any atom is -0.372 e. The third kappa shape index (κ3) is 9.49. The van der Waals surface area contributed by atoms with Crippen LogP contribution in [-0.4, -0.2) is 86.9 Å². The maximum atomic E-state index is 14.1. The summed E-state index contributed by atoms with van der Waals surface area (Å²) in [6, 6.07) is 5.36. The summed E-state index contributed by atoms with van der Waals surface area (Å²) in [4.78, 5) is 87.4. The number of nitrogens with zero attached hydrogens (tertiary/aromatic N) is 3. The van der Waals surface area contributed by atoms with Crippen LogP contribution in [0.2, 0.25) is 0 Å². The number of rotatable bonds is 15. The van der Waals surface area contributed by atoms with Crippen molar-refractivity contribution in [2.75, 3.05) is 6.54 Å². The zero-order chi connectivity index (χ0) is 34.0. The summed E-state index contributed by atoms with van der Waals surface area (Å²) in [5.74, 6) is -4.40. The van der Waals surface area contributed by atoms with E-state index in [4.69, 9.17) is 4.74 Å². The highest BCUT2D eigenvalue weighted by Crippen LogP contribution is 2.25. The van der Waals surface area contributed by atoms with Crippen molar-refractivity contribution in [2.45, 2.75) is 91.3 Å². The number of ether oxygens (including phenoxy) is 1. The molecule has 0 radical (unpaired) electrons. The van der Waals surface area contributed by atoms with Gasteiger partial charge < -0.3 is 25.6 Å². The molecular weight excluding hydrogens is 592 g/mol. The van der Waals surface area contributed by atoms with Gasteiger partial charge in [0.2, 0.25) is 23.5 Å². The molecule has 13 heteroatoms. The second-order valence-corrected chi connectivity index (χ2v) is 12.1. The minimum absolute atomic E-state index is 0.0403. The zero-order valence-electron chi connectivity index (χ0n) is 27.2. The molecule has 1 saturated heterocycles. The average Bonchev–Trinajstić information content (AvgIpc) is 3.48. The first kappa shape index (κ1) is 36.0. The van der Waals surface area contributed by atoms with Crippen molar-refractivity contribution < 1.29 is 33.5 Å². The molecule has 1 aromatic heterocycles. The van der Waals surface area contributed by atoms with Gasteiger partial charge in [0.15, 0.2) is 5.78 Å². The summed E-state index contributed by atoms with van der Waals surface area (Å²) in [5, 5.41) is 8.12. The number of hydrogen-bond donors (Lipinski definition) is 3. The second kappa shape index (κ2) is 16.7. The van der Waals surface area contributed by atoms with Crippen LogP contribution < -0.4 is 16.0 Å². The Bertz CT molecular complexity index is 1390. The summed E-state index contributed by atoms with van der Waals surface area (Å²) >= 11 is 0. The molecule has 0 spiro atoms. The number of nitrogens with one attached hydrogen (secondary N) is 3. The molecule has 0 saturated carbocycles. The normalized spacial score (nSPS) is 18.0. The highest BCUT2D eigenvalue weighted by molar-refractivity contribution is 6.38. The molecule has 46 heavy (non-hydrogen) atoms. The van der Waals surface area contributed by atoms with Crippen molar-refractivity contribution in [3.8, 4) is 0 Å². The first-order valence-corrected chi connectivity index (χ1v) is 15.5. The third-order valence-corrected chi connectivity index (χ3v) is 7.83. The summed E-state index contributed by atoms with van der Waals surface area (Å²) in [7, 11) is 0. The van der Waals surface area contributed by atoms with Gasteiger partial charge in [0.25, 0.3) is 5.91 Å². The van der Waals surface area contributed by atoms with Crippen LogP contribution in [0.3, 0.4) is 0 Å². The molecule has 3 N–H and O–H groups in total. The molecule has 0 bridgehead atoms. The fourth-order valence-electron chi connectivity index (χ4n) is 5.17. The SMILES string of the molecule is CC[C@H](NC(=O)[C@@H]1C[C@@H](OCc2ccccc2)CN1C(=O)[C@H](NC(=O)[C@H](NC(=O)c1cnccn1)C(C)C)C(C)C)C(=O)C(C)=O. The van der Waals surface area contributed by atoms with Crippen molar-refractivity contribution in [3.63, 3.8) is 0 Å². The number of likely N-dealkylation sites (tertiary alicyclic amines) is 1. The predicted molar refractivity (Wildman–Crippen MR) is 168 cm³/mol. The Morgan fingerprint density at radius 2 is 1.61 bits per heavy atom. The van der Waals surface area contributed by atoms with Gasteiger partial charge in [0, 0.05) is 32.3 Å². The maximum Gasteiger partial charge on any atom is 0.272 e. The quantitative estimate of drug-likeness (QED) is 0.245. The number of amides is 4. The van der Waals surface area contributed by atoms with Gasteiger partial charge >= 0.3 is 0 Å². The smallest absolute Gasteiger partial charge is 0.272 e. The zero-order valence-corrected chi connectivity index (χ0v) is 27.2. The summed E-state index contributed by atoms with van der Waals surface area (Å²) in [5.41, 5.74) is 0.959. The summed E-state index contributed by atoms with van der Waals surface area (Å²) < 4.78 is 6.10. The van der Waals surface area contributed by atoms with Crippen LogP contribution in [-0.2, 0) is 35.3 Å².